The van der Waals surface area contributed by atoms with Crippen molar-refractivity contribution in [1.82, 2.24) is 0 Å². The molecule has 2 heteroatoms. The summed E-state index contributed by atoms with van der Waals surface area (Å²) in [4.78, 5) is 0. The molecule has 1 aliphatic carbocycles. The van der Waals surface area contributed by atoms with E-state index in [0.29, 0.717) is 0 Å². The molecule has 19 heavy (non-hydrogen) atoms. The molecule has 0 N–H and O–H groups in total. The van der Waals surface area contributed by atoms with Gasteiger partial charge in [0.2, 0.25) is 0 Å². The third-order valence-corrected chi connectivity index (χ3v) is 3.67. The van der Waals surface area contributed by atoms with E-state index in [2.05, 4.69) is 30.3 Å². The Morgan fingerprint density at radius 3 is 2.58 bits per heavy atom. The van der Waals surface area contributed by atoms with Crippen molar-refractivity contribution in [3.05, 3.63) is 58.7 Å². The smallest absolute Gasteiger partial charge is 0.0991 e. The molecular weight excluding hydrogens is 234 g/mol. The number of rotatable bonds is 3. The Balaban J connectivity index is 1.96. The predicted octanol–water partition coefficient (Wildman–Crippen LogP) is 3.32. The van der Waals surface area contributed by atoms with Crippen LogP contribution in [0.4, 0.5) is 0 Å². The van der Waals surface area contributed by atoms with Crippen LogP contribution >= 0.6 is 0 Å². The molecule has 0 atom stereocenters. The summed E-state index contributed by atoms with van der Waals surface area (Å²) in [5.74, 6) is 0. The molecule has 0 aromatic heterocycles. The van der Waals surface area contributed by atoms with Crippen molar-refractivity contribution in [1.29, 1.82) is 5.26 Å². The fraction of sp³-hybridized carbons (Fsp3) is 0.235. The van der Waals surface area contributed by atoms with E-state index in [0.717, 1.165) is 25.0 Å². The van der Waals surface area contributed by atoms with Gasteiger partial charge >= 0.3 is 0 Å². The lowest BCUT2D eigenvalue weighted by molar-refractivity contribution is 0.202. The molecule has 94 valence electrons. The first-order valence-electron chi connectivity index (χ1n) is 6.46. The lowest BCUT2D eigenvalue weighted by atomic mass is 10.0. The lowest BCUT2D eigenvalue weighted by Gasteiger charge is -2.05. The standard InChI is InChI=1S/C17H15NO/c1-19-7-6-12-2-4-16-14(8-12)10-15-9-13(11-18)3-5-17(15)16/h2-5,8-9H,6-7,10H2,1H3. The van der Waals surface area contributed by atoms with Gasteiger partial charge in [-0.05, 0) is 52.8 Å². The maximum absolute atomic E-state index is 8.96. The summed E-state index contributed by atoms with van der Waals surface area (Å²) < 4.78 is 5.12. The highest BCUT2D eigenvalue weighted by Gasteiger charge is 2.18. The Kier molecular flexibility index (Phi) is 3.06. The third-order valence-electron chi connectivity index (χ3n) is 3.67. The summed E-state index contributed by atoms with van der Waals surface area (Å²) >= 11 is 0. The minimum Gasteiger partial charge on any atom is -0.384 e. The van der Waals surface area contributed by atoms with E-state index in [1.807, 2.05) is 12.1 Å². The van der Waals surface area contributed by atoms with Crippen LogP contribution in [0.1, 0.15) is 22.3 Å². The molecule has 0 saturated heterocycles. The maximum Gasteiger partial charge on any atom is 0.0991 e. The van der Waals surface area contributed by atoms with Gasteiger partial charge in [0.1, 0.15) is 0 Å². The maximum atomic E-state index is 8.96. The molecular formula is C17H15NO. The third kappa shape index (κ3) is 2.14. The molecule has 0 aliphatic heterocycles. The van der Waals surface area contributed by atoms with Gasteiger partial charge in [0, 0.05) is 7.11 Å². The van der Waals surface area contributed by atoms with Gasteiger partial charge in [-0.2, -0.15) is 5.26 Å². The van der Waals surface area contributed by atoms with E-state index >= 15 is 0 Å². The normalized spacial score (nSPS) is 11.8. The number of benzene rings is 2. The Hall–Kier alpha value is -2.11. The number of hydrogen-bond donors (Lipinski definition) is 0. The molecule has 2 aromatic carbocycles. The molecule has 0 bridgehead atoms. The van der Waals surface area contributed by atoms with Crippen LogP contribution in [-0.2, 0) is 17.6 Å². The summed E-state index contributed by atoms with van der Waals surface area (Å²) in [6.45, 7) is 0.754. The van der Waals surface area contributed by atoms with Gasteiger partial charge in [0.15, 0.2) is 0 Å². The van der Waals surface area contributed by atoms with Crippen molar-refractivity contribution >= 4 is 0 Å². The van der Waals surface area contributed by atoms with Crippen molar-refractivity contribution in [3.8, 4) is 17.2 Å². The highest BCUT2D eigenvalue weighted by atomic mass is 16.5. The first kappa shape index (κ1) is 12.0. The largest absolute Gasteiger partial charge is 0.384 e. The van der Waals surface area contributed by atoms with Crippen LogP contribution in [0.25, 0.3) is 11.1 Å². The van der Waals surface area contributed by atoms with Gasteiger partial charge in [-0.15, -0.1) is 0 Å². The van der Waals surface area contributed by atoms with Gasteiger partial charge in [0.05, 0.1) is 18.2 Å². The highest BCUT2D eigenvalue weighted by Crippen LogP contribution is 2.37. The molecule has 0 fully saturated rings. The van der Waals surface area contributed by atoms with Gasteiger partial charge in [-0.25, -0.2) is 0 Å². The quantitative estimate of drug-likeness (QED) is 0.713. The summed E-state index contributed by atoms with van der Waals surface area (Å²) in [5.41, 5.74) is 7.25. The topological polar surface area (TPSA) is 33.0 Å². The number of fused-ring (bicyclic) bond motifs is 3. The number of ether oxygens (including phenoxy) is 1. The van der Waals surface area contributed by atoms with E-state index in [-0.39, 0.29) is 0 Å². The van der Waals surface area contributed by atoms with E-state index < -0.39 is 0 Å². The molecule has 2 nitrogen and oxygen atoms in total. The Morgan fingerprint density at radius 1 is 1.11 bits per heavy atom. The first-order chi connectivity index (χ1) is 9.31. The van der Waals surface area contributed by atoms with Gasteiger partial charge < -0.3 is 4.74 Å². The highest BCUT2D eigenvalue weighted by molar-refractivity contribution is 5.77. The fourth-order valence-corrected chi connectivity index (χ4v) is 2.71. The Labute approximate surface area is 113 Å². The summed E-state index contributed by atoms with van der Waals surface area (Å²) in [7, 11) is 1.73. The van der Waals surface area contributed by atoms with Crippen LogP contribution < -0.4 is 0 Å². The minimum absolute atomic E-state index is 0.742. The minimum atomic E-state index is 0.742. The molecule has 1 aliphatic rings. The summed E-state index contributed by atoms with van der Waals surface area (Å²) in [6.07, 6.45) is 1.88. The van der Waals surface area contributed by atoms with E-state index in [1.165, 1.54) is 27.8 Å². The first-order valence-corrected chi connectivity index (χ1v) is 6.46. The number of hydrogen-bond acceptors (Lipinski definition) is 2. The van der Waals surface area contributed by atoms with Gasteiger partial charge in [-0.3, -0.25) is 0 Å². The summed E-state index contributed by atoms with van der Waals surface area (Å²) in [6, 6.07) is 14.8. The number of methoxy groups -OCH3 is 1. The van der Waals surface area contributed by atoms with Crippen molar-refractivity contribution in [2.45, 2.75) is 12.8 Å². The second kappa shape index (κ2) is 4.87. The average molecular weight is 249 g/mol. The zero-order valence-electron chi connectivity index (χ0n) is 10.9. The Morgan fingerprint density at radius 2 is 1.84 bits per heavy atom. The molecule has 2 aromatic rings. The zero-order valence-corrected chi connectivity index (χ0v) is 10.9. The van der Waals surface area contributed by atoms with Crippen LogP contribution in [0.2, 0.25) is 0 Å². The monoisotopic (exact) mass is 249 g/mol. The molecule has 3 rings (SSSR count). The van der Waals surface area contributed by atoms with Crippen molar-refractivity contribution in [3.63, 3.8) is 0 Å². The molecule has 0 unspecified atom stereocenters. The van der Waals surface area contributed by atoms with Crippen LogP contribution in [0.5, 0.6) is 0 Å². The van der Waals surface area contributed by atoms with Crippen LogP contribution in [0, 0.1) is 11.3 Å². The summed E-state index contributed by atoms with van der Waals surface area (Å²) in [5, 5.41) is 8.96. The fourth-order valence-electron chi connectivity index (χ4n) is 2.71. The van der Waals surface area contributed by atoms with Gasteiger partial charge in [-0.1, -0.05) is 24.3 Å². The second-order valence-electron chi connectivity index (χ2n) is 4.89. The van der Waals surface area contributed by atoms with Crippen LogP contribution in [0.15, 0.2) is 36.4 Å². The lowest BCUT2D eigenvalue weighted by Crippen LogP contribution is -1.95. The van der Waals surface area contributed by atoms with Crippen molar-refractivity contribution in [2.24, 2.45) is 0 Å². The van der Waals surface area contributed by atoms with E-state index in [1.54, 1.807) is 7.11 Å². The Bertz CT molecular complexity index is 667. The van der Waals surface area contributed by atoms with Crippen LogP contribution in [0.3, 0.4) is 0 Å². The molecule has 0 radical (unpaired) electrons. The van der Waals surface area contributed by atoms with E-state index in [9.17, 15) is 0 Å². The zero-order chi connectivity index (χ0) is 13.2. The molecule has 0 amide bonds. The number of nitriles is 1. The number of nitrogens with zero attached hydrogens (tertiary/aromatic N) is 1. The SMILES string of the molecule is COCCc1ccc2c(c1)Cc1cc(C#N)ccc1-2. The predicted molar refractivity (Wildman–Crippen MR) is 75.0 cm³/mol. The molecule has 0 heterocycles. The van der Waals surface area contributed by atoms with E-state index in [4.69, 9.17) is 10.00 Å². The molecule has 0 spiro atoms. The molecule has 0 saturated carbocycles. The second-order valence-corrected chi connectivity index (χ2v) is 4.89. The average Bonchev–Trinajstić information content (AvgIpc) is 2.81. The van der Waals surface area contributed by atoms with Crippen molar-refractivity contribution in [2.75, 3.05) is 13.7 Å². The van der Waals surface area contributed by atoms with Gasteiger partial charge in [0.25, 0.3) is 0 Å². The van der Waals surface area contributed by atoms with Crippen molar-refractivity contribution < 1.29 is 4.74 Å². The van der Waals surface area contributed by atoms with Crippen LogP contribution in [-0.4, -0.2) is 13.7 Å².